The number of nitrogen functional groups attached to an aromatic ring is 1. The van der Waals surface area contributed by atoms with Gasteiger partial charge in [0.1, 0.15) is 5.78 Å². The molecule has 1 aromatic carbocycles. The molecule has 2 heterocycles. The highest BCUT2D eigenvalue weighted by atomic mass is 16.2. The minimum atomic E-state index is -0.300. The first kappa shape index (κ1) is 13.3. The Morgan fingerprint density at radius 3 is 2.60 bits per heavy atom. The van der Waals surface area contributed by atoms with Crippen LogP contribution in [0.4, 0.5) is 0 Å². The lowest BCUT2D eigenvalue weighted by Gasteiger charge is -2.49. The number of nitrogens with one attached hydrogen (secondary N) is 1. The SMILES string of the molecule is CN1C2CCC(C(=O)C2)C1c1ccc(C(=O)NN)cc1. The smallest absolute Gasteiger partial charge is 0.265 e. The van der Waals surface area contributed by atoms with Crippen molar-refractivity contribution in [3.05, 3.63) is 35.4 Å². The van der Waals surface area contributed by atoms with Gasteiger partial charge in [-0.15, -0.1) is 0 Å². The van der Waals surface area contributed by atoms with Crippen LogP contribution >= 0.6 is 0 Å². The molecule has 0 aromatic heterocycles. The molecular formula is C15H19N3O2. The molecule has 0 spiro atoms. The van der Waals surface area contributed by atoms with Crippen LogP contribution in [0.5, 0.6) is 0 Å². The van der Waals surface area contributed by atoms with E-state index >= 15 is 0 Å². The largest absolute Gasteiger partial charge is 0.299 e. The van der Waals surface area contributed by atoms with Crippen molar-refractivity contribution in [2.24, 2.45) is 11.8 Å². The van der Waals surface area contributed by atoms with E-state index in [1.807, 2.05) is 12.1 Å². The van der Waals surface area contributed by atoms with Crippen LogP contribution in [0.15, 0.2) is 24.3 Å². The molecule has 3 unspecified atom stereocenters. The molecule has 3 aliphatic rings. The van der Waals surface area contributed by atoms with Gasteiger partial charge in [0.25, 0.3) is 5.91 Å². The fourth-order valence-corrected chi connectivity index (χ4v) is 3.59. The van der Waals surface area contributed by atoms with E-state index in [4.69, 9.17) is 5.84 Å². The third-order valence-corrected chi connectivity index (χ3v) is 4.70. The van der Waals surface area contributed by atoms with Crippen molar-refractivity contribution < 1.29 is 9.59 Å². The molecule has 1 amide bonds. The zero-order chi connectivity index (χ0) is 14.3. The second kappa shape index (κ2) is 5.00. The fourth-order valence-electron chi connectivity index (χ4n) is 3.59. The number of hydrogen-bond donors (Lipinski definition) is 2. The van der Waals surface area contributed by atoms with Gasteiger partial charge in [0.2, 0.25) is 0 Å². The second-order valence-electron chi connectivity index (χ2n) is 5.71. The number of ketones is 1. The van der Waals surface area contributed by atoms with Gasteiger partial charge in [0.15, 0.2) is 0 Å². The van der Waals surface area contributed by atoms with Crippen LogP contribution in [-0.4, -0.2) is 29.7 Å². The zero-order valence-electron chi connectivity index (χ0n) is 11.5. The quantitative estimate of drug-likeness (QED) is 0.479. The summed E-state index contributed by atoms with van der Waals surface area (Å²) >= 11 is 0. The number of benzene rings is 1. The minimum absolute atomic E-state index is 0.0965. The van der Waals surface area contributed by atoms with Crippen molar-refractivity contribution >= 4 is 11.7 Å². The molecule has 1 saturated carbocycles. The summed E-state index contributed by atoms with van der Waals surface area (Å²) in [5.41, 5.74) is 3.75. The molecule has 3 N–H and O–H groups in total. The minimum Gasteiger partial charge on any atom is -0.299 e. The molecular weight excluding hydrogens is 254 g/mol. The first-order valence-corrected chi connectivity index (χ1v) is 6.97. The molecule has 3 atom stereocenters. The number of carbonyl (C=O) groups excluding carboxylic acids is 2. The van der Waals surface area contributed by atoms with Gasteiger partial charge in [-0.05, 0) is 37.6 Å². The predicted octanol–water partition coefficient (Wildman–Crippen LogP) is 1.01. The van der Waals surface area contributed by atoms with E-state index in [9.17, 15) is 9.59 Å². The number of nitrogens with zero attached hydrogens (tertiary/aromatic N) is 1. The highest BCUT2D eigenvalue weighted by Crippen LogP contribution is 2.44. The summed E-state index contributed by atoms with van der Waals surface area (Å²) < 4.78 is 0. The number of hydrogen-bond acceptors (Lipinski definition) is 4. The number of hydrazine groups is 1. The Hall–Kier alpha value is -1.72. The van der Waals surface area contributed by atoms with E-state index in [0.717, 1.165) is 18.4 Å². The van der Waals surface area contributed by atoms with Crippen LogP contribution in [0.2, 0.25) is 0 Å². The number of carbonyl (C=O) groups is 2. The Bertz CT molecular complexity index is 541. The number of fused-ring (bicyclic) bond motifs is 3. The van der Waals surface area contributed by atoms with Gasteiger partial charge in [-0.2, -0.15) is 0 Å². The van der Waals surface area contributed by atoms with E-state index in [0.29, 0.717) is 23.8 Å². The molecule has 2 bridgehead atoms. The van der Waals surface area contributed by atoms with E-state index < -0.39 is 0 Å². The van der Waals surface area contributed by atoms with Crippen molar-refractivity contribution in [3.8, 4) is 0 Å². The van der Waals surface area contributed by atoms with Gasteiger partial charge < -0.3 is 0 Å². The molecule has 5 heteroatoms. The first-order valence-electron chi connectivity index (χ1n) is 6.97. The Morgan fingerprint density at radius 1 is 1.30 bits per heavy atom. The van der Waals surface area contributed by atoms with Gasteiger partial charge in [-0.3, -0.25) is 19.9 Å². The number of piperidine rings is 2. The maximum absolute atomic E-state index is 12.1. The molecule has 2 saturated heterocycles. The van der Waals surface area contributed by atoms with E-state index in [-0.39, 0.29) is 17.9 Å². The number of nitrogens with two attached hydrogens (primary N) is 1. The van der Waals surface area contributed by atoms with Gasteiger partial charge in [0, 0.05) is 30.0 Å². The topological polar surface area (TPSA) is 75.4 Å². The lowest BCUT2D eigenvalue weighted by atomic mass is 9.72. The van der Waals surface area contributed by atoms with Crippen LogP contribution in [0, 0.1) is 5.92 Å². The third-order valence-electron chi connectivity index (χ3n) is 4.70. The number of Topliss-reactive ketones (excluding diaryl/α,β-unsaturated/α-hetero) is 1. The fraction of sp³-hybridized carbons (Fsp3) is 0.467. The highest BCUT2D eigenvalue weighted by molar-refractivity contribution is 5.93. The zero-order valence-corrected chi connectivity index (χ0v) is 11.5. The van der Waals surface area contributed by atoms with Gasteiger partial charge in [-0.25, -0.2) is 5.84 Å². The van der Waals surface area contributed by atoms with Gasteiger partial charge in [0.05, 0.1) is 0 Å². The standard InChI is InChI=1S/C15H19N3O2/c1-18-11-6-7-12(13(19)8-11)14(18)9-2-4-10(5-3-9)15(20)17-16/h2-5,11-12,14H,6-8,16H2,1H3,(H,17,20). The Balaban J connectivity index is 1.88. The van der Waals surface area contributed by atoms with E-state index in [1.165, 1.54) is 0 Å². The molecule has 1 aliphatic carbocycles. The van der Waals surface area contributed by atoms with Crippen LogP contribution in [0.25, 0.3) is 0 Å². The van der Waals surface area contributed by atoms with Crippen LogP contribution < -0.4 is 11.3 Å². The highest BCUT2D eigenvalue weighted by Gasteiger charge is 2.45. The van der Waals surface area contributed by atoms with E-state index in [2.05, 4.69) is 17.4 Å². The molecule has 106 valence electrons. The Labute approximate surface area is 118 Å². The van der Waals surface area contributed by atoms with Crippen LogP contribution in [0.3, 0.4) is 0 Å². The first-order chi connectivity index (χ1) is 9.61. The van der Waals surface area contributed by atoms with Crippen LogP contribution in [-0.2, 0) is 4.79 Å². The Kier molecular flexibility index (Phi) is 3.31. The molecule has 20 heavy (non-hydrogen) atoms. The van der Waals surface area contributed by atoms with Crippen molar-refractivity contribution in [1.29, 1.82) is 0 Å². The summed E-state index contributed by atoms with van der Waals surface area (Å²) in [6, 6.07) is 7.89. The summed E-state index contributed by atoms with van der Waals surface area (Å²) in [4.78, 5) is 25.9. The molecule has 1 aromatic rings. The predicted molar refractivity (Wildman–Crippen MR) is 74.7 cm³/mol. The molecule has 5 nitrogen and oxygen atoms in total. The molecule has 4 rings (SSSR count). The van der Waals surface area contributed by atoms with Crippen molar-refractivity contribution in [3.63, 3.8) is 0 Å². The second-order valence-corrected chi connectivity index (χ2v) is 5.71. The lowest BCUT2D eigenvalue weighted by molar-refractivity contribution is -0.136. The normalized spacial score (nSPS) is 29.5. The average molecular weight is 273 g/mol. The molecule has 0 radical (unpaired) electrons. The van der Waals surface area contributed by atoms with Crippen molar-refractivity contribution in [2.75, 3.05) is 7.05 Å². The summed E-state index contributed by atoms with van der Waals surface area (Å²) in [5, 5.41) is 0. The third kappa shape index (κ3) is 2.03. The summed E-state index contributed by atoms with van der Waals surface area (Å²) in [5.74, 6) is 5.30. The van der Waals surface area contributed by atoms with E-state index in [1.54, 1.807) is 12.1 Å². The number of rotatable bonds is 2. The molecule has 2 aliphatic heterocycles. The monoisotopic (exact) mass is 273 g/mol. The van der Waals surface area contributed by atoms with Gasteiger partial charge in [-0.1, -0.05) is 12.1 Å². The van der Waals surface area contributed by atoms with Gasteiger partial charge >= 0.3 is 0 Å². The maximum Gasteiger partial charge on any atom is 0.265 e. The average Bonchev–Trinajstić information content (AvgIpc) is 2.48. The molecule has 3 fully saturated rings. The summed E-state index contributed by atoms with van der Waals surface area (Å²) in [7, 11) is 2.09. The van der Waals surface area contributed by atoms with Crippen molar-refractivity contribution in [1.82, 2.24) is 10.3 Å². The van der Waals surface area contributed by atoms with Crippen LogP contribution in [0.1, 0.15) is 41.2 Å². The maximum atomic E-state index is 12.1. The van der Waals surface area contributed by atoms with Crippen molar-refractivity contribution in [2.45, 2.75) is 31.3 Å². The summed E-state index contributed by atoms with van der Waals surface area (Å²) in [6.45, 7) is 0. The lowest BCUT2D eigenvalue weighted by Crippen LogP contribution is -2.52. The Morgan fingerprint density at radius 2 is 2.00 bits per heavy atom. The number of amides is 1. The summed E-state index contributed by atoms with van der Waals surface area (Å²) in [6.07, 6.45) is 2.77.